The average Bonchev–Trinajstić information content (AvgIpc) is 2.56. The van der Waals surface area contributed by atoms with E-state index in [2.05, 4.69) is 4.90 Å². The second-order valence-corrected chi connectivity index (χ2v) is 5.52. The van der Waals surface area contributed by atoms with Crippen LogP contribution in [-0.4, -0.2) is 29.6 Å². The number of hydrogen-bond acceptors (Lipinski definition) is 2. The van der Waals surface area contributed by atoms with Crippen LogP contribution in [0.5, 0.6) is 0 Å². The number of fused-ring (bicyclic) bond motifs is 1. The molecule has 3 aliphatic rings. The van der Waals surface area contributed by atoms with Crippen LogP contribution in [0.4, 0.5) is 0 Å². The molecular formula is C12H22N2. The minimum absolute atomic E-state index is 0.516. The Hall–Kier alpha value is -0.0800. The lowest BCUT2D eigenvalue weighted by Gasteiger charge is -2.44. The predicted molar refractivity (Wildman–Crippen MR) is 58.1 cm³/mol. The number of hydrogen-bond donors (Lipinski definition) is 1. The van der Waals surface area contributed by atoms with Crippen molar-refractivity contribution in [3.63, 3.8) is 0 Å². The lowest BCUT2D eigenvalue weighted by molar-refractivity contribution is 0.0727. The summed E-state index contributed by atoms with van der Waals surface area (Å²) in [6.45, 7) is 1.37. The molecule has 0 aromatic carbocycles. The van der Waals surface area contributed by atoms with Gasteiger partial charge in [0, 0.05) is 18.1 Å². The fraction of sp³-hybridized carbons (Fsp3) is 1.00. The summed E-state index contributed by atoms with van der Waals surface area (Å²) in [5.74, 6) is 1.04. The van der Waals surface area contributed by atoms with E-state index in [9.17, 15) is 0 Å². The van der Waals surface area contributed by atoms with Crippen molar-refractivity contribution in [3.05, 3.63) is 0 Å². The summed E-state index contributed by atoms with van der Waals surface area (Å²) in [4.78, 5) is 2.80. The molecule has 2 nitrogen and oxygen atoms in total. The molecule has 0 aromatic rings. The van der Waals surface area contributed by atoms with Gasteiger partial charge in [-0.3, -0.25) is 4.90 Å². The highest BCUT2D eigenvalue weighted by Crippen LogP contribution is 2.40. The summed E-state index contributed by atoms with van der Waals surface area (Å²) < 4.78 is 0. The summed E-state index contributed by atoms with van der Waals surface area (Å²) in [6, 6.07) is 2.32. The van der Waals surface area contributed by atoms with Crippen molar-refractivity contribution in [2.45, 2.75) is 63.1 Å². The fourth-order valence-electron chi connectivity index (χ4n) is 3.80. The standard InChI is InChI=1S/C12H22N2/c13-10-7-11(8-10)14-6-5-9-3-1-2-4-12(9)14/h9-12H,1-8,13H2. The molecular weight excluding hydrogens is 172 g/mol. The number of nitrogens with two attached hydrogens (primary N) is 1. The van der Waals surface area contributed by atoms with Crippen LogP contribution in [0.3, 0.4) is 0 Å². The van der Waals surface area contributed by atoms with E-state index in [1.165, 1.54) is 51.5 Å². The van der Waals surface area contributed by atoms with E-state index < -0.39 is 0 Å². The van der Waals surface area contributed by atoms with Gasteiger partial charge in [-0.2, -0.15) is 0 Å². The Balaban J connectivity index is 1.64. The molecule has 1 heterocycles. The second kappa shape index (κ2) is 3.49. The van der Waals surface area contributed by atoms with Crippen LogP contribution < -0.4 is 5.73 Å². The summed E-state index contributed by atoms with van der Waals surface area (Å²) in [6.07, 6.45) is 9.93. The molecule has 2 saturated carbocycles. The predicted octanol–water partition coefficient (Wildman–Crippen LogP) is 1.74. The lowest BCUT2D eigenvalue weighted by atomic mass is 9.82. The van der Waals surface area contributed by atoms with Crippen molar-refractivity contribution in [3.8, 4) is 0 Å². The zero-order chi connectivity index (χ0) is 9.54. The molecule has 0 bridgehead atoms. The minimum atomic E-state index is 0.516. The first-order valence-electron chi connectivity index (χ1n) is 6.36. The molecule has 80 valence electrons. The first-order chi connectivity index (χ1) is 6.84. The van der Waals surface area contributed by atoms with Crippen LogP contribution in [0.1, 0.15) is 44.9 Å². The highest BCUT2D eigenvalue weighted by Gasteiger charge is 2.42. The number of rotatable bonds is 1. The number of likely N-dealkylation sites (tertiary alicyclic amines) is 1. The molecule has 2 atom stereocenters. The van der Waals surface area contributed by atoms with Gasteiger partial charge < -0.3 is 5.73 Å². The molecule has 0 radical (unpaired) electrons. The zero-order valence-corrected chi connectivity index (χ0v) is 8.99. The molecule has 0 amide bonds. The Morgan fingerprint density at radius 1 is 1.00 bits per heavy atom. The van der Waals surface area contributed by atoms with Gasteiger partial charge in [0.2, 0.25) is 0 Å². The fourth-order valence-corrected chi connectivity index (χ4v) is 3.80. The largest absolute Gasteiger partial charge is 0.328 e. The van der Waals surface area contributed by atoms with Crippen LogP contribution in [0, 0.1) is 5.92 Å². The van der Waals surface area contributed by atoms with E-state index in [0.717, 1.165) is 18.0 Å². The third-order valence-electron chi connectivity index (χ3n) is 4.67. The molecule has 2 unspecified atom stereocenters. The van der Waals surface area contributed by atoms with E-state index in [-0.39, 0.29) is 0 Å². The van der Waals surface area contributed by atoms with Gasteiger partial charge >= 0.3 is 0 Å². The maximum absolute atomic E-state index is 5.88. The van der Waals surface area contributed by atoms with Gasteiger partial charge in [-0.05, 0) is 44.6 Å². The Bertz CT molecular complexity index is 210. The van der Waals surface area contributed by atoms with Gasteiger partial charge in [-0.1, -0.05) is 12.8 Å². The number of nitrogens with zero attached hydrogens (tertiary/aromatic N) is 1. The molecule has 3 fully saturated rings. The summed E-state index contributed by atoms with van der Waals surface area (Å²) in [7, 11) is 0. The van der Waals surface area contributed by atoms with Gasteiger partial charge in [0.25, 0.3) is 0 Å². The molecule has 2 aliphatic carbocycles. The first-order valence-corrected chi connectivity index (χ1v) is 6.36. The van der Waals surface area contributed by atoms with Crippen molar-refractivity contribution in [2.75, 3.05) is 6.54 Å². The normalized spacial score (nSPS) is 48.6. The Labute approximate surface area is 86.8 Å². The van der Waals surface area contributed by atoms with Crippen LogP contribution in [0.2, 0.25) is 0 Å². The van der Waals surface area contributed by atoms with Crippen LogP contribution in [-0.2, 0) is 0 Å². The van der Waals surface area contributed by atoms with Crippen molar-refractivity contribution >= 4 is 0 Å². The highest BCUT2D eigenvalue weighted by molar-refractivity contribution is 4.98. The van der Waals surface area contributed by atoms with Crippen LogP contribution in [0.15, 0.2) is 0 Å². The van der Waals surface area contributed by atoms with Crippen molar-refractivity contribution in [1.29, 1.82) is 0 Å². The van der Waals surface area contributed by atoms with E-state index in [1.807, 2.05) is 0 Å². The van der Waals surface area contributed by atoms with E-state index >= 15 is 0 Å². The highest BCUT2D eigenvalue weighted by atomic mass is 15.2. The molecule has 2 heteroatoms. The van der Waals surface area contributed by atoms with E-state index in [1.54, 1.807) is 0 Å². The summed E-state index contributed by atoms with van der Waals surface area (Å²) in [5.41, 5.74) is 5.88. The lowest BCUT2D eigenvalue weighted by Crippen LogP contribution is -2.53. The molecule has 1 aliphatic heterocycles. The van der Waals surface area contributed by atoms with Crippen molar-refractivity contribution < 1.29 is 0 Å². The molecule has 0 spiro atoms. The molecule has 0 aromatic heterocycles. The minimum Gasteiger partial charge on any atom is -0.328 e. The van der Waals surface area contributed by atoms with E-state index in [4.69, 9.17) is 5.73 Å². The van der Waals surface area contributed by atoms with Gasteiger partial charge in [0.05, 0.1) is 0 Å². The van der Waals surface area contributed by atoms with Gasteiger partial charge in [-0.15, -0.1) is 0 Å². The third kappa shape index (κ3) is 1.40. The molecule has 3 rings (SSSR count). The quantitative estimate of drug-likeness (QED) is 0.689. The zero-order valence-electron chi connectivity index (χ0n) is 8.99. The third-order valence-corrected chi connectivity index (χ3v) is 4.67. The summed E-state index contributed by atoms with van der Waals surface area (Å²) in [5, 5.41) is 0. The van der Waals surface area contributed by atoms with Crippen LogP contribution >= 0.6 is 0 Å². The summed E-state index contributed by atoms with van der Waals surface area (Å²) >= 11 is 0. The Morgan fingerprint density at radius 2 is 1.79 bits per heavy atom. The smallest absolute Gasteiger partial charge is 0.0128 e. The monoisotopic (exact) mass is 194 g/mol. The maximum atomic E-state index is 5.88. The topological polar surface area (TPSA) is 29.3 Å². The first kappa shape index (κ1) is 9.17. The van der Waals surface area contributed by atoms with Gasteiger partial charge in [-0.25, -0.2) is 0 Å². The van der Waals surface area contributed by atoms with Crippen molar-refractivity contribution in [1.82, 2.24) is 4.90 Å². The molecule has 14 heavy (non-hydrogen) atoms. The average molecular weight is 194 g/mol. The molecule has 1 saturated heterocycles. The van der Waals surface area contributed by atoms with Gasteiger partial charge in [0.1, 0.15) is 0 Å². The SMILES string of the molecule is NC1CC(N2CCC3CCCCC32)C1. The Kier molecular flexibility index (Phi) is 2.29. The van der Waals surface area contributed by atoms with E-state index in [0.29, 0.717) is 6.04 Å². The maximum Gasteiger partial charge on any atom is 0.0128 e. The van der Waals surface area contributed by atoms with Crippen molar-refractivity contribution in [2.24, 2.45) is 11.7 Å². The van der Waals surface area contributed by atoms with Crippen LogP contribution in [0.25, 0.3) is 0 Å². The second-order valence-electron chi connectivity index (χ2n) is 5.52. The molecule has 2 N–H and O–H groups in total. The Morgan fingerprint density at radius 3 is 2.57 bits per heavy atom. The van der Waals surface area contributed by atoms with Gasteiger partial charge in [0.15, 0.2) is 0 Å².